The van der Waals surface area contributed by atoms with Crippen molar-refractivity contribution in [1.29, 1.82) is 0 Å². The summed E-state index contributed by atoms with van der Waals surface area (Å²) in [5.41, 5.74) is 6.29. The fraction of sp³-hybridized carbons (Fsp3) is 0.400. The third kappa shape index (κ3) is 4.85. The molecule has 1 aromatic rings. The monoisotopic (exact) mass is 336 g/mol. The molecular formula is C15H20N4O5. The molecule has 0 unspecified atom stereocenters. The molecule has 0 aliphatic carbocycles. The Kier molecular flexibility index (Phi) is 5.96. The Balaban J connectivity index is 1.89. The number of nitrogens with two attached hydrogens (primary N) is 1. The Morgan fingerprint density at radius 2 is 1.88 bits per heavy atom. The zero-order valence-electron chi connectivity index (χ0n) is 13.3. The Morgan fingerprint density at radius 1 is 1.25 bits per heavy atom. The number of amides is 4. The maximum absolute atomic E-state index is 12.2. The van der Waals surface area contributed by atoms with E-state index in [0.717, 1.165) is 0 Å². The molecule has 1 aliphatic rings. The quantitative estimate of drug-likeness (QED) is 0.756. The van der Waals surface area contributed by atoms with Crippen LogP contribution >= 0.6 is 0 Å². The molecule has 1 aliphatic heterocycles. The van der Waals surface area contributed by atoms with E-state index in [9.17, 15) is 14.4 Å². The number of benzene rings is 1. The third-order valence-electron chi connectivity index (χ3n) is 3.33. The number of rotatable bonds is 4. The van der Waals surface area contributed by atoms with E-state index >= 15 is 0 Å². The number of hydrogen-bond donors (Lipinski definition) is 3. The molecule has 9 heteroatoms. The summed E-state index contributed by atoms with van der Waals surface area (Å²) in [6.45, 7) is 2.74. The fourth-order valence-corrected chi connectivity index (χ4v) is 2.13. The summed E-state index contributed by atoms with van der Waals surface area (Å²) in [6.07, 6.45) is -1.33. The van der Waals surface area contributed by atoms with Gasteiger partial charge < -0.3 is 25.4 Å². The van der Waals surface area contributed by atoms with Gasteiger partial charge in [-0.1, -0.05) is 0 Å². The van der Waals surface area contributed by atoms with Gasteiger partial charge in [-0.25, -0.2) is 9.59 Å². The van der Waals surface area contributed by atoms with E-state index in [1.54, 1.807) is 31.2 Å². The molecule has 0 spiro atoms. The number of nitrogens with one attached hydrogen (secondary N) is 2. The molecule has 4 amide bonds. The van der Waals surface area contributed by atoms with Crippen molar-refractivity contribution >= 4 is 29.4 Å². The van der Waals surface area contributed by atoms with Crippen LogP contribution in [0.2, 0.25) is 0 Å². The molecule has 1 heterocycles. The molecule has 0 saturated carbocycles. The van der Waals surface area contributed by atoms with Crippen molar-refractivity contribution in [2.24, 2.45) is 5.73 Å². The van der Waals surface area contributed by atoms with Crippen LogP contribution in [0.3, 0.4) is 0 Å². The first kappa shape index (κ1) is 17.5. The zero-order chi connectivity index (χ0) is 17.5. The van der Waals surface area contributed by atoms with Gasteiger partial charge in [0.25, 0.3) is 0 Å². The molecule has 2 rings (SSSR count). The first-order chi connectivity index (χ1) is 11.5. The number of urea groups is 1. The lowest BCUT2D eigenvalue weighted by Crippen LogP contribution is -2.51. The van der Waals surface area contributed by atoms with Crippen molar-refractivity contribution in [2.75, 3.05) is 36.9 Å². The average Bonchev–Trinajstić information content (AvgIpc) is 2.57. The number of morpholine rings is 1. The van der Waals surface area contributed by atoms with Crippen LogP contribution in [-0.2, 0) is 14.3 Å². The van der Waals surface area contributed by atoms with Gasteiger partial charge in [0, 0.05) is 17.9 Å². The second-order valence-electron chi connectivity index (χ2n) is 5.06. The van der Waals surface area contributed by atoms with Crippen molar-refractivity contribution < 1.29 is 23.9 Å². The number of carbonyl (C=O) groups excluding carboxylic acids is 3. The molecule has 4 N–H and O–H groups in total. The van der Waals surface area contributed by atoms with E-state index in [2.05, 4.69) is 10.6 Å². The number of carbonyl (C=O) groups is 3. The number of primary amides is 1. The maximum atomic E-state index is 12.2. The summed E-state index contributed by atoms with van der Waals surface area (Å²) in [4.78, 5) is 36.1. The molecule has 9 nitrogen and oxygen atoms in total. The highest BCUT2D eigenvalue weighted by Crippen LogP contribution is 2.15. The number of hydrogen-bond acceptors (Lipinski definition) is 5. The van der Waals surface area contributed by atoms with Gasteiger partial charge in [0.15, 0.2) is 6.10 Å². The normalized spacial score (nSPS) is 17.0. The SMILES string of the molecule is CCOC(=O)Nc1ccc(NC(=O)N2CCO[C@H](C(N)=O)C2)cc1. The van der Waals surface area contributed by atoms with Crippen molar-refractivity contribution in [3.63, 3.8) is 0 Å². The highest BCUT2D eigenvalue weighted by atomic mass is 16.5. The van der Waals surface area contributed by atoms with Gasteiger partial charge in [0.1, 0.15) is 0 Å². The highest BCUT2D eigenvalue weighted by molar-refractivity contribution is 5.91. The fourth-order valence-electron chi connectivity index (χ4n) is 2.13. The van der Waals surface area contributed by atoms with Crippen LogP contribution in [0.5, 0.6) is 0 Å². The maximum Gasteiger partial charge on any atom is 0.411 e. The summed E-state index contributed by atoms with van der Waals surface area (Å²) in [7, 11) is 0. The van der Waals surface area contributed by atoms with Crippen molar-refractivity contribution in [1.82, 2.24) is 4.90 Å². The second kappa shape index (κ2) is 8.16. The largest absolute Gasteiger partial charge is 0.450 e. The molecule has 1 atom stereocenters. The van der Waals surface area contributed by atoms with Gasteiger partial charge in [0.2, 0.25) is 5.91 Å². The molecular weight excluding hydrogens is 316 g/mol. The standard InChI is InChI=1S/C15H20N4O5/c1-2-23-15(22)18-11-5-3-10(4-6-11)17-14(21)19-7-8-24-12(9-19)13(16)20/h3-6,12H,2,7-9H2,1H3,(H2,16,20)(H,17,21)(H,18,22)/t12-/m0/s1. The van der Waals surface area contributed by atoms with Gasteiger partial charge >= 0.3 is 12.1 Å². The van der Waals surface area contributed by atoms with Gasteiger partial charge in [-0.3, -0.25) is 10.1 Å². The average molecular weight is 336 g/mol. The Morgan fingerprint density at radius 3 is 2.46 bits per heavy atom. The lowest BCUT2D eigenvalue weighted by atomic mass is 10.2. The predicted octanol–water partition coefficient (Wildman–Crippen LogP) is 0.973. The van der Waals surface area contributed by atoms with Gasteiger partial charge in [-0.15, -0.1) is 0 Å². The first-order valence-corrected chi connectivity index (χ1v) is 7.50. The molecule has 0 aromatic heterocycles. The lowest BCUT2D eigenvalue weighted by Gasteiger charge is -2.31. The molecule has 130 valence electrons. The Labute approximate surface area is 139 Å². The molecule has 0 bridgehead atoms. The van der Waals surface area contributed by atoms with Crippen molar-refractivity contribution in [3.05, 3.63) is 24.3 Å². The van der Waals surface area contributed by atoms with Crippen LogP contribution in [0, 0.1) is 0 Å². The van der Waals surface area contributed by atoms with E-state index in [1.807, 2.05) is 0 Å². The van der Waals surface area contributed by atoms with Crippen LogP contribution in [0.25, 0.3) is 0 Å². The van der Waals surface area contributed by atoms with E-state index in [0.29, 0.717) is 17.9 Å². The molecule has 1 saturated heterocycles. The Bertz CT molecular complexity index is 604. The number of ether oxygens (including phenoxy) is 2. The van der Waals surface area contributed by atoms with Crippen LogP contribution in [0.15, 0.2) is 24.3 Å². The van der Waals surface area contributed by atoms with Gasteiger partial charge in [-0.2, -0.15) is 0 Å². The van der Waals surface area contributed by atoms with Crippen LogP contribution in [0.1, 0.15) is 6.92 Å². The molecule has 24 heavy (non-hydrogen) atoms. The summed E-state index contributed by atoms with van der Waals surface area (Å²) in [5.74, 6) is -0.595. The van der Waals surface area contributed by atoms with E-state index in [1.165, 1.54) is 4.90 Å². The summed E-state index contributed by atoms with van der Waals surface area (Å²) in [6, 6.07) is 6.21. The van der Waals surface area contributed by atoms with E-state index < -0.39 is 18.1 Å². The minimum atomic E-state index is -0.791. The predicted molar refractivity (Wildman–Crippen MR) is 86.6 cm³/mol. The summed E-state index contributed by atoms with van der Waals surface area (Å²) in [5, 5.41) is 5.26. The summed E-state index contributed by atoms with van der Waals surface area (Å²) >= 11 is 0. The minimum Gasteiger partial charge on any atom is -0.450 e. The van der Waals surface area contributed by atoms with Crippen LogP contribution in [0.4, 0.5) is 21.0 Å². The van der Waals surface area contributed by atoms with Crippen LogP contribution < -0.4 is 16.4 Å². The Hall–Kier alpha value is -2.81. The lowest BCUT2D eigenvalue weighted by molar-refractivity contribution is -0.133. The highest BCUT2D eigenvalue weighted by Gasteiger charge is 2.27. The van der Waals surface area contributed by atoms with Crippen LogP contribution in [-0.4, -0.2) is 55.3 Å². The van der Waals surface area contributed by atoms with E-state index in [4.69, 9.17) is 15.2 Å². The minimum absolute atomic E-state index is 0.115. The first-order valence-electron chi connectivity index (χ1n) is 7.50. The van der Waals surface area contributed by atoms with Gasteiger partial charge in [0.05, 0.1) is 19.8 Å². The number of anilines is 2. The molecule has 1 aromatic carbocycles. The van der Waals surface area contributed by atoms with E-state index in [-0.39, 0.29) is 25.8 Å². The molecule has 1 fully saturated rings. The third-order valence-corrected chi connectivity index (χ3v) is 3.33. The second-order valence-corrected chi connectivity index (χ2v) is 5.06. The molecule has 0 radical (unpaired) electrons. The van der Waals surface area contributed by atoms with Gasteiger partial charge in [-0.05, 0) is 31.2 Å². The van der Waals surface area contributed by atoms with Crippen molar-refractivity contribution in [2.45, 2.75) is 13.0 Å². The summed E-state index contributed by atoms with van der Waals surface area (Å²) < 4.78 is 9.97. The smallest absolute Gasteiger partial charge is 0.411 e. The topological polar surface area (TPSA) is 123 Å². The zero-order valence-corrected chi connectivity index (χ0v) is 13.3. The van der Waals surface area contributed by atoms with Crippen molar-refractivity contribution in [3.8, 4) is 0 Å². The number of nitrogens with zero attached hydrogens (tertiary/aromatic N) is 1.